The van der Waals surface area contributed by atoms with Gasteiger partial charge in [0.1, 0.15) is 0 Å². The van der Waals surface area contributed by atoms with E-state index in [1.165, 1.54) is 0 Å². The van der Waals surface area contributed by atoms with E-state index in [1.54, 1.807) is 11.8 Å². The molecule has 5 heteroatoms. The van der Waals surface area contributed by atoms with Gasteiger partial charge in [-0.1, -0.05) is 18.2 Å². The molecular weight excluding hydrogens is 298 g/mol. The van der Waals surface area contributed by atoms with Crippen molar-refractivity contribution in [3.8, 4) is 0 Å². The number of nitrogens with one attached hydrogen (secondary N) is 1. The van der Waals surface area contributed by atoms with Crippen LogP contribution in [0.15, 0.2) is 41.3 Å². The predicted octanol–water partition coefficient (Wildman–Crippen LogP) is 3.26. The molecule has 2 bridgehead atoms. The van der Waals surface area contributed by atoms with Crippen molar-refractivity contribution in [2.75, 3.05) is 11.6 Å². The zero-order valence-electron chi connectivity index (χ0n) is 12.4. The third kappa shape index (κ3) is 2.77. The van der Waals surface area contributed by atoms with Crippen molar-refractivity contribution in [3.05, 3.63) is 36.4 Å². The summed E-state index contributed by atoms with van der Waals surface area (Å²) in [5.41, 5.74) is 0.728. The minimum atomic E-state index is -0.864. The van der Waals surface area contributed by atoms with Gasteiger partial charge >= 0.3 is 5.97 Å². The summed E-state index contributed by atoms with van der Waals surface area (Å²) in [7, 11) is 0. The molecule has 4 atom stereocenters. The topological polar surface area (TPSA) is 66.4 Å². The fraction of sp³-hybridized carbons (Fsp3) is 0.412. The maximum Gasteiger partial charge on any atom is 0.307 e. The number of benzene rings is 1. The summed E-state index contributed by atoms with van der Waals surface area (Å²) in [6, 6.07) is 7.62. The lowest BCUT2D eigenvalue weighted by Gasteiger charge is -2.41. The zero-order valence-corrected chi connectivity index (χ0v) is 13.2. The standard InChI is InChI=1S/C17H19NO3S/c1-22-13-4-2-3-12(9-13)18-16(19)14-10-5-7-11(8-6-10)15(14)17(20)21/h2-5,7,9-11,14-15H,6,8H2,1H3,(H,18,19)(H,20,21). The van der Waals surface area contributed by atoms with E-state index in [4.69, 9.17) is 0 Å². The Bertz CT molecular complexity index is 628. The van der Waals surface area contributed by atoms with Crippen LogP contribution in [-0.2, 0) is 9.59 Å². The van der Waals surface area contributed by atoms with Gasteiger partial charge < -0.3 is 10.4 Å². The molecule has 0 heterocycles. The number of carboxylic acid groups (broad SMARTS) is 1. The molecule has 0 aliphatic heterocycles. The Morgan fingerprint density at radius 2 is 1.86 bits per heavy atom. The molecule has 22 heavy (non-hydrogen) atoms. The molecule has 1 aromatic rings. The summed E-state index contributed by atoms with van der Waals surface area (Å²) in [4.78, 5) is 25.3. The molecule has 0 aromatic heterocycles. The van der Waals surface area contributed by atoms with Crippen LogP contribution in [0.4, 0.5) is 5.69 Å². The SMILES string of the molecule is CSc1cccc(NC(=O)C2C3C=CC(CC3)C2C(=O)O)c1. The minimum absolute atomic E-state index is 0.0178. The molecule has 116 valence electrons. The molecule has 0 spiro atoms. The highest BCUT2D eigenvalue weighted by Gasteiger charge is 2.48. The molecule has 2 N–H and O–H groups in total. The average Bonchev–Trinajstić information content (AvgIpc) is 2.55. The molecule has 4 nitrogen and oxygen atoms in total. The van der Waals surface area contributed by atoms with Gasteiger partial charge in [0.15, 0.2) is 0 Å². The Morgan fingerprint density at radius 1 is 1.18 bits per heavy atom. The number of allylic oxidation sites excluding steroid dienone is 2. The smallest absolute Gasteiger partial charge is 0.307 e. The molecular formula is C17H19NO3S. The average molecular weight is 317 g/mol. The lowest BCUT2D eigenvalue weighted by Crippen LogP contribution is -2.47. The van der Waals surface area contributed by atoms with Crippen molar-refractivity contribution in [1.29, 1.82) is 0 Å². The Kier molecular flexibility index (Phi) is 4.25. The lowest BCUT2D eigenvalue weighted by molar-refractivity contribution is -0.151. The van der Waals surface area contributed by atoms with Crippen molar-refractivity contribution < 1.29 is 14.7 Å². The van der Waals surface area contributed by atoms with E-state index in [0.29, 0.717) is 0 Å². The number of thioether (sulfide) groups is 1. The first-order chi connectivity index (χ1) is 10.6. The van der Waals surface area contributed by atoms with Crippen LogP contribution in [0.2, 0.25) is 0 Å². The van der Waals surface area contributed by atoms with E-state index in [1.807, 2.05) is 42.7 Å². The number of carbonyl (C=O) groups excluding carboxylic acids is 1. The van der Waals surface area contributed by atoms with Gasteiger partial charge in [0.25, 0.3) is 0 Å². The number of hydrogen-bond donors (Lipinski definition) is 2. The van der Waals surface area contributed by atoms with E-state index in [2.05, 4.69) is 5.32 Å². The number of carboxylic acids is 1. The highest BCUT2D eigenvalue weighted by Crippen LogP contribution is 2.45. The van der Waals surface area contributed by atoms with Crippen molar-refractivity contribution in [3.63, 3.8) is 0 Å². The van der Waals surface area contributed by atoms with Crippen LogP contribution in [-0.4, -0.2) is 23.2 Å². The lowest BCUT2D eigenvalue weighted by atomic mass is 9.62. The first-order valence-electron chi connectivity index (χ1n) is 7.46. The van der Waals surface area contributed by atoms with Crippen LogP contribution in [0.5, 0.6) is 0 Å². The highest BCUT2D eigenvalue weighted by atomic mass is 32.2. The fourth-order valence-corrected chi connectivity index (χ4v) is 4.07. The molecule has 1 saturated carbocycles. The minimum Gasteiger partial charge on any atom is -0.481 e. The summed E-state index contributed by atoms with van der Waals surface area (Å²) in [6.45, 7) is 0. The maximum absolute atomic E-state index is 12.7. The second-order valence-corrected chi connectivity index (χ2v) is 6.78. The Balaban J connectivity index is 1.81. The second-order valence-electron chi connectivity index (χ2n) is 5.90. The number of hydrogen-bond acceptors (Lipinski definition) is 3. The summed E-state index contributed by atoms with van der Waals surface area (Å²) in [5, 5.41) is 12.4. The van der Waals surface area contributed by atoms with Crippen LogP contribution < -0.4 is 5.32 Å². The van der Waals surface area contributed by atoms with Crippen LogP contribution >= 0.6 is 11.8 Å². The van der Waals surface area contributed by atoms with Crippen molar-refractivity contribution in [2.45, 2.75) is 17.7 Å². The fourth-order valence-electron chi connectivity index (χ4n) is 3.61. The first kappa shape index (κ1) is 15.2. The predicted molar refractivity (Wildman–Crippen MR) is 86.8 cm³/mol. The van der Waals surface area contributed by atoms with Crippen LogP contribution in [0.25, 0.3) is 0 Å². The molecule has 1 aromatic carbocycles. The Morgan fingerprint density at radius 3 is 2.45 bits per heavy atom. The number of anilines is 1. The van der Waals surface area contributed by atoms with Gasteiger partial charge in [0, 0.05) is 10.6 Å². The Hall–Kier alpha value is -1.75. The van der Waals surface area contributed by atoms with Gasteiger partial charge in [0.2, 0.25) is 5.91 Å². The number of amides is 1. The van der Waals surface area contributed by atoms with E-state index in [9.17, 15) is 14.7 Å². The summed E-state index contributed by atoms with van der Waals surface area (Å²) >= 11 is 1.61. The van der Waals surface area contributed by atoms with Crippen molar-refractivity contribution in [1.82, 2.24) is 0 Å². The summed E-state index contributed by atoms with van der Waals surface area (Å²) in [5.74, 6) is -2.10. The van der Waals surface area contributed by atoms with Crippen LogP contribution in [0.3, 0.4) is 0 Å². The largest absolute Gasteiger partial charge is 0.481 e. The zero-order chi connectivity index (χ0) is 15.7. The Labute approximate surface area is 134 Å². The van der Waals surface area contributed by atoms with Gasteiger partial charge in [-0.2, -0.15) is 0 Å². The van der Waals surface area contributed by atoms with Gasteiger partial charge in [-0.15, -0.1) is 11.8 Å². The molecule has 1 fully saturated rings. The van der Waals surface area contributed by atoms with Gasteiger partial charge in [-0.25, -0.2) is 0 Å². The van der Waals surface area contributed by atoms with Crippen molar-refractivity contribution in [2.24, 2.45) is 23.7 Å². The van der Waals surface area contributed by atoms with E-state index in [0.717, 1.165) is 23.4 Å². The normalized spacial score (nSPS) is 29.3. The van der Waals surface area contributed by atoms with Crippen molar-refractivity contribution >= 4 is 29.3 Å². The van der Waals surface area contributed by atoms with E-state index in [-0.39, 0.29) is 17.7 Å². The molecule has 3 aliphatic rings. The summed E-state index contributed by atoms with van der Waals surface area (Å²) < 4.78 is 0. The molecule has 0 radical (unpaired) electrons. The molecule has 4 rings (SSSR count). The van der Waals surface area contributed by atoms with Crippen LogP contribution in [0, 0.1) is 23.7 Å². The van der Waals surface area contributed by atoms with Crippen LogP contribution in [0.1, 0.15) is 12.8 Å². The molecule has 1 amide bonds. The van der Waals surface area contributed by atoms with E-state index >= 15 is 0 Å². The quantitative estimate of drug-likeness (QED) is 0.661. The monoisotopic (exact) mass is 317 g/mol. The maximum atomic E-state index is 12.7. The highest BCUT2D eigenvalue weighted by molar-refractivity contribution is 7.98. The molecule has 4 unspecified atom stereocenters. The third-order valence-corrected chi connectivity index (χ3v) is 5.40. The number of aliphatic carboxylic acids is 1. The number of fused-ring (bicyclic) bond motifs is 2. The molecule has 0 saturated heterocycles. The third-order valence-electron chi connectivity index (χ3n) is 4.67. The second kappa shape index (κ2) is 6.16. The van der Waals surface area contributed by atoms with Gasteiger partial charge in [0.05, 0.1) is 11.8 Å². The molecule has 3 aliphatic carbocycles. The first-order valence-corrected chi connectivity index (χ1v) is 8.68. The van der Waals surface area contributed by atoms with Gasteiger partial charge in [-0.05, 0) is 49.1 Å². The van der Waals surface area contributed by atoms with Gasteiger partial charge in [-0.3, -0.25) is 9.59 Å². The number of rotatable bonds is 4. The van der Waals surface area contributed by atoms with E-state index < -0.39 is 17.8 Å². The number of carbonyl (C=O) groups is 2. The summed E-state index contributed by atoms with van der Waals surface area (Å²) in [6.07, 6.45) is 7.74.